The molecule has 2 aliphatic heterocycles. The highest BCUT2D eigenvalue weighted by Crippen LogP contribution is 2.33. The van der Waals surface area contributed by atoms with Crippen LogP contribution in [0.4, 0.5) is 13.2 Å². The quantitative estimate of drug-likeness (QED) is 0.339. The minimum absolute atomic E-state index is 0.0251. The number of halogens is 3. The lowest BCUT2D eigenvalue weighted by Crippen LogP contribution is -2.55. The molecule has 1 amide bonds. The number of fused-ring (bicyclic) bond motifs is 1. The van der Waals surface area contributed by atoms with Crippen molar-refractivity contribution in [2.75, 3.05) is 26.2 Å². The van der Waals surface area contributed by atoms with E-state index >= 15 is 0 Å². The number of carbonyl (C=O) groups excluding carboxylic acids is 1. The standard InChI is InChI=1S/C30H33F3N4O3/c31-24-16-19(17-25(32)28(24)33)4-3-7-27(38)36-12-8-21(9-13-36)29(30(39)40)35-37-14-10-20(11-15-37)23-18-34-26-6-2-1-5-22(23)26/h1-6,16-18,20-21,29,34-35H,7-15H2,(H,39,40)/b4-3+. The fourth-order valence-corrected chi connectivity index (χ4v) is 5.89. The molecule has 0 saturated carbocycles. The number of carbonyl (C=O) groups is 2. The van der Waals surface area contributed by atoms with Gasteiger partial charge >= 0.3 is 5.97 Å². The van der Waals surface area contributed by atoms with E-state index in [1.54, 1.807) is 4.90 Å². The molecule has 0 spiro atoms. The number of carboxylic acids is 1. The van der Waals surface area contributed by atoms with Crippen molar-refractivity contribution in [2.45, 2.75) is 44.1 Å². The minimum atomic E-state index is -1.53. The predicted molar refractivity (Wildman–Crippen MR) is 146 cm³/mol. The summed E-state index contributed by atoms with van der Waals surface area (Å²) in [7, 11) is 0. The second-order valence-electron chi connectivity index (χ2n) is 10.6. The van der Waals surface area contributed by atoms with Crippen LogP contribution in [0.15, 0.2) is 48.7 Å². The first-order valence-corrected chi connectivity index (χ1v) is 13.7. The van der Waals surface area contributed by atoms with E-state index in [0.717, 1.165) is 43.6 Å². The number of rotatable bonds is 8. The summed E-state index contributed by atoms with van der Waals surface area (Å²) < 4.78 is 39.9. The molecular formula is C30H33F3N4O3. The zero-order valence-electron chi connectivity index (χ0n) is 22.1. The number of hydrogen-bond acceptors (Lipinski definition) is 4. The maximum absolute atomic E-state index is 13.4. The Morgan fingerprint density at radius 1 is 1.02 bits per heavy atom. The SMILES string of the molecule is O=C(O)C(NN1CCC(c2c[nH]c3ccccc23)CC1)C1CCN(C(=O)C/C=C/c2cc(F)c(F)c(F)c2)CC1. The molecule has 2 fully saturated rings. The highest BCUT2D eigenvalue weighted by atomic mass is 19.2. The van der Waals surface area contributed by atoms with Crippen molar-refractivity contribution in [3.8, 4) is 0 Å². The number of aromatic amines is 1. The van der Waals surface area contributed by atoms with Crippen LogP contribution in [0.3, 0.4) is 0 Å². The monoisotopic (exact) mass is 554 g/mol. The van der Waals surface area contributed by atoms with Gasteiger partial charge < -0.3 is 15.0 Å². The average Bonchev–Trinajstić information content (AvgIpc) is 3.39. The number of hydrazine groups is 1. The Hall–Kier alpha value is -3.63. The number of amides is 1. The van der Waals surface area contributed by atoms with Crippen LogP contribution in [0.2, 0.25) is 0 Å². The number of nitrogens with one attached hydrogen (secondary N) is 2. The van der Waals surface area contributed by atoms with E-state index in [2.05, 4.69) is 28.7 Å². The molecule has 212 valence electrons. The molecule has 0 radical (unpaired) electrons. The van der Waals surface area contributed by atoms with Crippen LogP contribution in [0.5, 0.6) is 0 Å². The van der Waals surface area contributed by atoms with Crippen molar-refractivity contribution < 1.29 is 27.9 Å². The summed E-state index contributed by atoms with van der Waals surface area (Å²) in [6.45, 7) is 2.37. The van der Waals surface area contributed by atoms with Crippen molar-refractivity contribution in [1.29, 1.82) is 0 Å². The van der Waals surface area contributed by atoms with E-state index in [1.165, 1.54) is 23.1 Å². The second-order valence-corrected chi connectivity index (χ2v) is 10.6. The van der Waals surface area contributed by atoms with Gasteiger partial charge in [0, 0.05) is 49.7 Å². The number of hydrogen-bond donors (Lipinski definition) is 3. The Labute approximate surface area is 230 Å². The van der Waals surface area contributed by atoms with Crippen molar-refractivity contribution in [3.63, 3.8) is 0 Å². The lowest BCUT2D eigenvalue weighted by Gasteiger charge is -2.39. The maximum atomic E-state index is 13.4. The Balaban J connectivity index is 1.09. The van der Waals surface area contributed by atoms with Gasteiger partial charge in [0.25, 0.3) is 0 Å². The maximum Gasteiger partial charge on any atom is 0.322 e. The molecule has 0 aliphatic carbocycles. The number of para-hydroxylation sites is 1. The molecule has 3 aromatic rings. The highest BCUT2D eigenvalue weighted by Gasteiger charge is 2.34. The summed E-state index contributed by atoms with van der Waals surface area (Å²) in [4.78, 5) is 29.8. The van der Waals surface area contributed by atoms with Crippen LogP contribution in [-0.2, 0) is 9.59 Å². The topological polar surface area (TPSA) is 88.7 Å². The zero-order valence-corrected chi connectivity index (χ0v) is 22.1. The normalized spacial score (nSPS) is 18.5. The molecule has 10 heteroatoms. The van der Waals surface area contributed by atoms with Gasteiger partial charge in [-0.25, -0.2) is 23.6 Å². The van der Waals surface area contributed by atoms with Gasteiger partial charge in [0.15, 0.2) is 17.5 Å². The van der Waals surface area contributed by atoms with Gasteiger partial charge in [-0.1, -0.05) is 30.4 Å². The molecule has 0 bridgehead atoms. The number of nitrogens with zero attached hydrogens (tertiary/aromatic N) is 2. The first-order chi connectivity index (χ1) is 19.3. The summed E-state index contributed by atoms with van der Waals surface area (Å²) in [5.74, 6) is -4.85. The first kappa shape index (κ1) is 27.9. The highest BCUT2D eigenvalue weighted by molar-refractivity contribution is 5.83. The number of H-pyrrole nitrogens is 1. The summed E-state index contributed by atoms with van der Waals surface area (Å²) in [5.41, 5.74) is 5.83. The van der Waals surface area contributed by atoms with E-state index < -0.39 is 29.5 Å². The smallest absolute Gasteiger partial charge is 0.322 e. The molecule has 3 heterocycles. The predicted octanol–water partition coefficient (Wildman–Crippen LogP) is 5.06. The Bertz CT molecular complexity index is 1370. The van der Waals surface area contributed by atoms with Gasteiger partial charge in [-0.15, -0.1) is 0 Å². The summed E-state index contributed by atoms with van der Waals surface area (Å²) >= 11 is 0. The number of aromatic nitrogens is 1. The third kappa shape index (κ3) is 6.23. The number of benzene rings is 2. The molecule has 1 unspecified atom stereocenters. The molecular weight excluding hydrogens is 521 g/mol. The Morgan fingerprint density at radius 2 is 1.70 bits per heavy atom. The minimum Gasteiger partial charge on any atom is -0.480 e. The fraction of sp³-hybridized carbons (Fsp3) is 0.400. The third-order valence-electron chi connectivity index (χ3n) is 8.12. The van der Waals surface area contributed by atoms with Crippen LogP contribution in [0.25, 0.3) is 17.0 Å². The van der Waals surface area contributed by atoms with Crippen LogP contribution < -0.4 is 5.43 Å². The zero-order chi connectivity index (χ0) is 28.2. The molecule has 2 aromatic carbocycles. The Kier molecular flexibility index (Phi) is 8.56. The second kappa shape index (κ2) is 12.3. The van der Waals surface area contributed by atoms with Crippen LogP contribution in [-0.4, -0.2) is 64.1 Å². The van der Waals surface area contributed by atoms with Crippen LogP contribution in [0, 0.1) is 23.4 Å². The van der Waals surface area contributed by atoms with E-state index in [9.17, 15) is 27.9 Å². The molecule has 3 N–H and O–H groups in total. The lowest BCUT2D eigenvalue weighted by atomic mass is 9.88. The fourth-order valence-electron chi connectivity index (χ4n) is 5.89. The van der Waals surface area contributed by atoms with E-state index in [1.807, 2.05) is 17.1 Å². The van der Waals surface area contributed by atoms with Gasteiger partial charge in [-0.05, 0) is 66.8 Å². The molecule has 2 aliphatic rings. The molecule has 1 aromatic heterocycles. The number of likely N-dealkylation sites (tertiary alicyclic amines) is 1. The third-order valence-corrected chi connectivity index (χ3v) is 8.12. The molecule has 1 atom stereocenters. The number of carboxylic acid groups (broad SMARTS) is 1. The molecule has 2 saturated heterocycles. The molecule has 5 rings (SSSR count). The number of piperidine rings is 2. The van der Waals surface area contributed by atoms with Crippen molar-refractivity contribution in [2.24, 2.45) is 5.92 Å². The molecule has 40 heavy (non-hydrogen) atoms. The Morgan fingerprint density at radius 3 is 2.38 bits per heavy atom. The molecule has 7 nitrogen and oxygen atoms in total. The number of aliphatic carboxylic acids is 1. The van der Waals surface area contributed by atoms with E-state index in [-0.39, 0.29) is 23.8 Å². The summed E-state index contributed by atoms with van der Waals surface area (Å²) in [5, 5.41) is 13.2. The first-order valence-electron chi connectivity index (χ1n) is 13.7. The lowest BCUT2D eigenvalue weighted by molar-refractivity contribution is -0.144. The van der Waals surface area contributed by atoms with Gasteiger partial charge in [0.05, 0.1) is 0 Å². The van der Waals surface area contributed by atoms with Crippen molar-refractivity contribution in [1.82, 2.24) is 20.3 Å². The summed E-state index contributed by atoms with van der Waals surface area (Å²) in [6.07, 6.45) is 7.95. The average molecular weight is 555 g/mol. The van der Waals surface area contributed by atoms with Gasteiger partial charge in [0.2, 0.25) is 5.91 Å². The van der Waals surface area contributed by atoms with Gasteiger partial charge in [0.1, 0.15) is 6.04 Å². The van der Waals surface area contributed by atoms with Crippen molar-refractivity contribution >= 4 is 28.9 Å². The summed E-state index contributed by atoms with van der Waals surface area (Å²) in [6, 6.07) is 9.27. The van der Waals surface area contributed by atoms with E-state index in [4.69, 9.17) is 0 Å². The van der Waals surface area contributed by atoms with Crippen molar-refractivity contribution in [3.05, 3.63) is 77.2 Å². The largest absolute Gasteiger partial charge is 0.480 e. The van der Waals surface area contributed by atoms with Crippen LogP contribution in [0.1, 0.15) is 49.1 Å². The van der Waals surface area contributed by atoms with Crippen LogP contribution >= 0.6 is 0 Å². The van der Waals surface area contributed by atoms with Gasteiger partial charge in [-0.2, -0.15) is 0 Å². The van der Waals surface area contributed by atoms with E-state index in [0.29, 0.717) is 31.8 Å². The van der Waals surface area contributed by atoms with Gasteiger partial charge in [-0.3, -0.25) is 9.59 Å².